The minimum absolute atomic E-state index is 0.761. The number of ether oxygens (including phenoxy) is 2. The molecule has 0 heterocycles. The molecule has 0 bridgehead atoms. The lowest BCUT2D eigenvalue weighted by atomic mass is 9.86. The highest BCUT2D eigenvalue weighted by atomic mass is 79.9. The fraction of sp³-hybridized carbons (Fsp3) is 0.381. The van der Waals surface area contributed by atoms with Crippen molar-refractivity contribution in [3.8, 4) is 11.5 Å². The number of unbranched alkanes of at least 4 members (excludes halogenated alkanes) is 10. The second-order valence-corrected chi connectivity index (χ2v) is 13.9. The molecule has 0 aliphatic rings. The highest BCUT2D eigenvalue weighted by Crippen LogP contribution is 2.38. The van der Waals surface area contributed by atoms with Crippen molar-refractivity contribution in [2.45, 2.75) is 90.9 Å². The normalized spacial score (nSPS) is 11.0. The molecule has 0 N–H and O–H groups in total. The monoisotopic (exact) mass is 744 g/mol. The number of benzene rings is 4. The molecule has 0 aliphatic carbocycles. The molecule has 0 unspecified atom stereocenters. The summed E-state index contributed by atoms with van der Waals surface area (Å²) in [5, 5.41) is 0. The average Bonchev–Trinajstić information content (AvgIpc) is 3.08. The van der Waals surface area contributed by atoms with Crippen molar-refractivity contribution in [1.29, 1.82) is 0 Å². The van der Waals surface area contributed by atoms with Crippen LogP contribution in [0.3, 0.4) is 0 Å². The van der Waals surface area contributed by atoms with Gasteiger partial charge in [0.15, 0.2) is 0 Å². The zero-order valence-electron chi connectivity index (χ0n) is 27.7. The van der Waals surface area contributed by atoms with Gasteiger partial charge in [0, 0.05) is 8.95 Å². The van der Waals surface area contributed by atoms with Crippen molar-refractivity contribution < 1.29 is 9.47 Å². The molecule has 0 fully saturated rings. The van der Waals surface area contributed by atoms with Crippen LogP contribution >= 0.6 is 31.9 Å². The highest BCUT2D eigenvalue weighted by molar-refractivity contribution is 9.10. The minimum Gasteiger partial charge on any atom is -0.494 e. The van der Waals surface area contributed by atoms with Crippen molar-refractivity contribution in [1.82, 2.24) is 0 Å². The molecule has 0 atom stereocenters. The van der Waals surface area contributed by atoms with Gasteiger partial charge in [-0.15, -0.1) is 0 Å². The summed E-state index contributed by atoms with van der Waals surface area (Å²) in [5.74, 6) is 1.84. The zero-order valence-corrected chi connectivity index (χ0v) is 30.9. The van der Waals surface area contributed by atoms with Gasteiger partial charge in [0.25, 0.3) is 0 Å². The number of halogens is 2. The van der Waals surface area contributed by atoms with Crippen molar-refractivity contribution >= 4 is 43.0 Å². The lowest BCUT2D eigenvalue weighted by Crippen LogP contribution is -2.00. The molecule has 0 saturated heterocycles. The van der Waals surface area contributed by atoms with E-state index in [2.05, 4.69) is 143 Å². The molecule has 4 heteroatoms. The van der Waals surface area contributed by atoms with Gasteiger partial charge in [0.05, 0.1) is 13.2 Å². The topological polar surface area (TPSA) is 18.5 Å². The predicted molar refractivity (Wildman–Crippen MR) is 204 cm³/mol. The maximum absolute atomic E-state index is 6.16. The molecular weight excluding hydrogens is 696 g/mol. The first-order valence-corrected chi connectivity index (χ1v) is 18.9. The third-order valence-corrected chi connectivity index (χ3v) is 9.39. The number of hydrogen-bond donors (Lipinski definition) is 0. The van der Waals surface area contributed by atoms with Gasteiger partial charge < -0.3 is 9.47 Å². The van der Waals surface area contributed by atoms with Gasteiger partial charge in [0.2, 0.25) is 0 Å². The Hall–Kier alpha value is -2.82. The molecule has 4 aromatic rings. The van der Waals surface area contributed by atoms with E-state index in [1.54, 1.807) is 0 Å². The Labute approximate surface area is 294 Å². The summed E-state index contributed by atoms with van der Waals surface area (Å²) in [5.41, 5.74) is 6.97. The van der Waals surface area contributed by atoms with Crippen LogP contribution in [0.5, 0.6) is 11.5 Å². The average molecular weight is 747 g/mol. The van der Waals surface area contributed by atoms with Crippen LogP contribution in [0, 0.1) is 0 Å². The van der Waals surface area contributed by atoms with Gasteiger partial charge in [-0.1, -0.05) is 158 Å². The Morgan fingerprint density at radius 3 is 1.00 bits per heavy atom. The van der Waals surface area contributed by atoms with Crippen LogP contribution in [0.15, 0.2) is 106 Å². The highest BCUT2D eigenvalue weighted by Gasteiger charge is 2.17. The summed E-state index contributed by atoms with van der Waals surface area (Å²) < 4.78 is 14.4. The van der Waals surface area contributed by atoms with Gasteiger partial charge in [-0.05, 0) is 94.8 Å². The van der Waals surface area contributed by atoms with E-state index in [-0.39, 0.29) is 0 Å². The van der Waals surface area contributed by atoms with E-state index in [9.17, 15) is 0 Å². The van der Waals surface area contributed by atoms with Crippen molar-refractivity contribution in [2.24, 2.45) is 0 Å². The fourth-order valence-electron chi connectivity index (χ4n) is 5.72. The molecule has 4 aromatic carbocycles. The van der Waals surface area contributed by atoms with Crippen molar-refractivity contribution in [3.63, 3.8) is 0 Å². The van der Waals surface area contributed by atoms with E-state index in [1.165, 1.54) is 75.4 Å². The second-order valence-electron chi connectivity index (χ2n) is 12.0. The van der Waals surface area contributed by atoms with Gasteiger partial charge in [-0.2, -0.15) is 0 Å². The first kappa shape index (κ1) is 36.0. The zero-order chi connectivity index (χ0) is 32.4. The summed E-state index contributed by atoms with van der Waals surface area (Å²) in [6, 6.07) is 34.5. The third-order valence-electron chi connectivity index (χ3n) is 8.34. The van der Waals surface area contributed by atoms with E-state index >= 15 is 0 Å². The maximum Gasteiger partial charge on any atom is 0.119 e. The SMILES string of the molecule is CCCCCCCCOc1ccc(C(=C(c2ccc(Br)cc2)c2ccc(Br)cc2)c2ccc(OCCCCCCCC)cc2)cc1. The molecule has 0 spiro atoms. The van der Waals surface area contributed by atoms with Crippen molar-refractivity contribution in [3.05, 3.63) is 128 Å². The van der Waals surface area contributed by atoms with Gasteiger partial charge in [0.1, 0.15) is 11.5 Å². The Kier molecular flexibility index (Phi) is 16.0. The summed E-state index contributed by atoms with van der Waals surface area (Å²) in [6.45, 7) is 6.04. The smallest absolute Gasteiger partial charge is 0.119 e. The molecule has 0 aromatic heterocycles. The van der Waals surface area contributed by atoms with Gasteiger partial charge in [-0.25, -0.2) is 0 Å². The Morgan fingerprint density at radius 1 is 0.391 bits per heavy atom. The predicted octanol–water partition coefficient (Wildman–Crippen LogP) is 13.7. The molecule has 46 heavy (non-hydrogen) atoms. The van der Waals surface area contributed by atoms with Crippen LogP contribution in [0.2, 0.25) is 0 Å². The molecule has 0 saturated carbocycles. The lowest BCUT2D eigenvalue weighted by molar-refractivity contribution is 0.304. The molecule has 4 rings (SSSR count). The molecule has 0 amide bonds. The van der Waals surface area contributed by atoms with Crippen LogP contribution in [-0.4, -0.2) is 13.2 Å². The number of rotatable bonds is 20. The largest absolute Gasteiger partial charge is 0.494 e. The Morgan fingerprint density at radius 2 is 0.674 bits per heavy atom. The summed E-state index contributed by atoms with van der Waals surface area (Å²) in [4.78, 5) is 0. The Bertz CT molecular complexity index is 1330. The lowest BCUT2D eigenvalue weighted by Gasteiger charge is -2.19. The standard InChI is InChI=1S/C42H50Br2O2/c1-3-5-7-9-11-13-31-45-39-27-19-35(20-28-39)42(36-21-29-40(30-22-36)46-32-14-12-10-8-6-4-2)41(33-15-23-37(43)24-16-33)34-17-25-38(44)26-18-34/h15-30H,3-14,31-32H2,1-2H3. The molecular formula is C42H50Br2O2. The quantitative estimate of drug-likeness (QED) is 0.0662. The van der Waals surface area contributed by atoms with Gasteiger partial charge in [-0.3, -0.25) is 0 Å². The van der Waals surface area contributed by atoms with E-state index in [1.807, 2.05) is 0 Å². The van der Waals surface area contributed by atoms with E-state index in [0.717, 1.165) is 68.8 Å². The summed E-state index contributed by atoms with van der Waals surface area (Å²) in [7, 11) is 0. The second kappa shape index (κ2) is 20.4. The molecule has 244 valence electrons. The van der Waals surface area contributed by atoms with Crippen LogP contribution < -0.4 is 9.47 Å². The fourth-order valence-corrected chi connectivity index (χ4v) is 6.25. The van der Waals surface area contributed by atoms with Crippen molar-refractivity contribution in [2.75, 3.05) is 13.2 Å². The summed E-state index contributed by atoms with van der Waals surface area (Å²) >= 11 is 7.27. The molecule has 0 radical (unpaired) electrons. The Balaban J connectivity index is 1.62. The van der Waals surface area contributed by atoms with Gasteiger partial charge >= 0.3 is 0 Å². The summed E-state index contributed by atoms with van der Waals surface area (Å²) in [6.07, 6.45) is 15.1. The van der Waals surface area contributed by atoms with Crippen LogP contribution in [0.1, 0.15) is 113 Å². The van der Waals surface area contributed by atoms with Crippen LogP contribution in [0.25, 0.3) is 11.1 Å². The van der Waals surface area contributed by atoms with E-state index in [4.69, 9.17) is 9.47 Å². The van der Waals surface area contributed by atoms with E-state index in [0.29, 0.717) is 0 Å². The molecule has 2 nitrogen and oxygen atoms in total. The number of hydrogen-bond acceptors (Lipinski definition) is 2. The maximum atomic E-state index is 6.16. The van der Waals surface area contributed by atoms with Crippen LogP contribution in [0.4, 0.5) is 0 Å². The first-order chi connectivity index (χ1) is 22.6. The third kappa shape index (κ3) is 11.8. The first-order valence-electron chi connectivity index (χ1n) is 17.3. The van der Waals surface area contributed by atoms with E-state index < -0.39 is 0 Å². The minimum atomic E-state index is 0.761. The van der Waals surface area contributed by atoms with Crippen LogP contribution in [-0.2, 0) is 0 Å². The molecule has 0 aliphatic heterocycles.